The molecule has 0 unspecified atom stereocenters. The Balaban J connectivity index is 1.61. The smallest absolute Gasteiger partial charge is 0.0496 e. The highest BCUT2D eigenvalue weighted by atomic mass is 15.1. The number of rotatable bonds is 4. The predicted molar refractivity (Wildman–Crippen MR) is 150 cm³/mol. The molecule has 5 aromatic rings. The van der Waals surface area contributed by atoms with Gasteiger partial charge in [0.05, 0.1) is 0 Å². The largest absolute Gasteiger partial charge is 0.336 e. The zero-order valence-electron chi connectivity index (χ0n) is 21.0. The quantitative estimate of drug-likeness (QED) is 0.262. The monoisotopic (exact) mass is 453 g/mol. The topological polar surface area (TPSA) is 3.24 Å². The van der Waals surface area contributed by atoms with Crippen molar-refractivity contribution in [2.45, 2.75) is 39.7 Å². The minimum Gasteiger partial charge on any atom is -0.336 e. The molecule has 0 spiro atoms. The van der Waals surface area contributed by atoms with E-state index in [1.807, 2.05) is 0 Å². The van der Waals surface area contributed by atoms with Crippen molar-refractivity contribution in [1.82, 2.24) is 0 Å². The molecule has 0 N–H and O–H groups in total. The number of hydrogen-bond donors (Lipinski definition) is 0. The molecule has 0 atom stereocenters. The third kappa shape index (κ3) is 3.38. The fourth-order valence-corrected chi connectivity index (χ4v) is 6.05. The number of para-hydroxylation sites is 1. The first-order valence-corrected chi connectivity index (χ1v) is 12.5. The number of benzene rings is 5. The average Bonchev–Trinajstić information content (AvgIpc) is 3.10. The summed E-state index contributed by atoms with van der Waals surface area (Å²) in [6.07, 6.45) is 0. The Kier molecular flexibility index (Phi) is 5.04. The van der Waals surface area contributed by atoms with Gasteiger partial charge in [-0.25, -0.2) is 0 Å². The normalized spacial score (nSPS) is 13.5. The highest BCUT2D eigenvalue weighted by Crippen LogP contribution is 2.53. The van der Waals surface area contributed by atoms with Gasteiger partial charge >= 0.3 is 0 Å². The van der Waals surface area contributed by atoms with E-state index in [-0.39, 0.29) is 5.41 Å². The van der Waals surface area contributed by atoms with Crippen molar-refractivity contribution in [3.63, 3.8) is 0 Å². The molecule has 0 fully saturated rings. The zero-order chi connectivity index (χ0) is 24.2. The zero-order valence-corrected chi connectivity index (χ0v) is 21.0. The third-order valence-corrected chi connectivity index (χ3v) is 7.81. The maximum absolute atomic E-state index is 2.54. The van der Waals surface area contributed by atoms with Gasteiger partial charge in [-0.15, -0.1) is 0 Å². The summed E-state index contributed by atoms with van der Waals surface area (Å²) in [5, 5.41) is 2.67. The second-order valence-electron chi connectivity index (χ2n) is 10.3. The Morgan fingerprint density at radius 2 is 1.23 bits per heavy atom. The lowest BCUT2D eigenvalue weighted by Crippen LogP contribution is -2.20. The number of anilines is 2. The van der Waals surface area contributed by atoms with Crippen LogP contribution in [0.15, 0.2) is 103 Å². The van der Waals surface area contributed by atoms with Gasteiger partial charge in [0.15, 0.2) is 0 Å². The highest BCUT2D eigenvalue weighted by molar-refractivity contribution is 5.93. The minimum atomic E-state index is -0.0185. The molecular weight excluding hydrogens is 422 g/mol. The molecule has 172 valence electrons. The average molecular weight is 454 g/mol. The van der Waals surface area contributed by atoms with Crippen LogP contribution >= 0.6 is 0 Å². The highest BCUT2D eigenvalue weighted by Gasteiger charge is 2.37. The van der Waals surface area contributed by atoms with Gasteiger partial charge in [-0.05, 0) is 70.1 Å². The van der Waals surface area contributed by atoms with Crippen LogP contribution in [-0.2, 0) is 12.0 Å². The van der Waals surface area contributed by atoms with E-state index in [2.05, 4.69) is 136 Å². The molecule has 0 aliphatic heterocycles. The van der Waals surface area contributed by atoms with Gasteiger partial charge in [-0.1, -0.05) is 105 Å². The Labute approximate surface area is 208 Å². The van der Waals surface area contributed by atoms with Gasteiger partial charge in [0.25, 0.3) is 0 Å². The number of fused-ring (bicyclic) bond motifs is 4. The lowest BCUT2D eigenvalue weighted by Gasteiger charge is -2.30. The molecule has 0 saturated heterocycles. The van der Waals surface area contributed by atoms with Crippen LogP contribution in [0.4, 0.5) is 11.4 Å². The Morgan fingerprint density at radius 3 is 2.06 bits per heavy atom. The van der Waals surface area contributed by atoms with Crippen LogP contribution in [-0.4, -0.2) is 0 Å². The van der Waals surface area contributed by atoms with Crippen molar-refractivity contribution in [2.75, 3.05) is 4.90 Å². The van der Waals surface area contributed by atoms with Crippen LogP contribution in [0.25, 0.3) is 21.9 Å². The summed E-state index contributed by atoms with van der Waals surface area (Å²) in [5.74, 6) is 0. The van der Waals surface area contributed by atoms with E-state index >= 15 is 0 Å². The van der Waals surface area contributed by atoms with Crippen LogP contribution in [0.2, 0.25) is 0 Å². The maximum atomic E-state index is 2.54. The van der Waals surface area contributed by atoms with Crippen molar-refractivity contribution in [3.05, 3.63) is 131 Å². The third-order valence-electron chi connectivity index (χ3n) is 7.81. The summed E-state index contributed by atoms with van der Waals surface area (Å²) < 4.78 is 0. The summed E-state index contributed by atoms with van der Waals surface area (Å²) in [4.78, 5) is 2.54. The summed E-state index contributed by atoms with van der Waals surface area (Å²) in [6.45, 7) is 9.97. The minimum absolute atomic E-state index is 0.0185. The first kappa shape index (κ1) is 21.7. The van der Waals surface area contributed by atoms with Gasteiger partial charge < -0.3 is 4.90 Å². The molecular formula is C34H31N. The van der Waals surface area contributed by atoms with Gasteiger partial charge in [0, 0.05) is 28.9 Å². The molecule has 0 saturated carbocycles. The van der Waals surface area contributed by atoms with Crippen LogP contribution in [0.5, 0.6) is 0 Å². The standard InChI is InChI=1S/C34H31N/c1-23-12-5-8-20-30(23)35(22-26-16-10-15-25-14-9-13-24(2)32(25)26)31-21-11-19-29-33(31)27-17-6-7-18-28(27)34(29,3)4/h5-21H,22H2,1-4H3. The van der Waals surface area contributed by atoms with Gasteiger partial charge in [-0.2, -0.15) is 0 Å². The molecule has 0 radical (unpaired) electrons. The van der Waals surface area contributed by atoms with Crippen molar-refractivity contribution in [2.24, 2.45) is 0 Å². The van der Waals surface area contributed by atoms with Gasteiger partial charge in [0.1, 0.15) is 0 Å². The fraction of sp³-hybridized carbons (Fsp3) is 0.176. The summed E-state index contributed by atoms with van der Waals surface area (Å²) in [5.41, 5.74) is 12.0. The molecule has 6 rings (SSSR count). The van der Waals surface area contributed by atoms with E-state index in [0.29, 0.717) is 0 Å². The predicted octanol–water partition coefficient (Wildman–Crippen LogP) is 9.10. The summed E-state index contributed by atoms with van der Waals surface area (Å²) in [6, 6.07) is 37.9. The van der Waals surface area contributed by atoms with E-state index in [1.54, 1.807) is 0 Å². The Hall–Kier alpha value is -3.84. The summed E-state index contributed by atoms with van der Waals surface area (Å²) in [7, 11) is 0. The molecule has 0 amide bonds. The van der Waals surface area contributed by atoms with Gasteiger partial charge in [-0.3, -0.25) is 0 Å². The van der Waals surface area contributed by atoms with Gasteiger partial charge in [0.2, 0.25) is 0 Å². The maximum Gasteiger partial charge on any atom is 0.0496 e. The van der Waals surface area contributed by atoms with Crippen molar-refractivity contribution >= 4 is 22.1 Å². The molecule has 1 nitrogen and oxygen atoms in total. The van der Waals surface area contributed by atoms with Crippen molar-refractivity contribution in [3.8, 4) is 11.1 Å². The molecule has 1 aliphatic carbocycles. The molecule has 0 heterocycles. The second-order valence-corrected chi connectivity index (χ2v) is 10.3. The van der Waals surface area contributed by atoms with Crippen LogP contribution in [0.3, 0.4) is 0 Å². The number of nitrogens with zero attached hydrogens (tertiary/aromatic N) is 1. The SMILES string of the molecule is Cc1ccccc1N(Cc1cccc2cccc(C)c12)c1cccc2c1-c1ccccc1C2(C)C. The number of hydrogen-bond acceptors (Lipinski definition) is 1. The van der Waals surface area contributed by atoms with Crippen LogP contribution < -0.4 is 4.90 Å². The first-order chi connectivity index (χ1) is 17.0. The van der Waals surface area contributed by atoms with E-state index in [1.165, 1.54) is 61.1 Å². The lowest BCUT2D eigenvalue weighted by atomic mass is 9.82. The van der Waals surface area contributed by atoms with E-state index in [4.69, 9.17) is 0 Å². The van der Waals surface area contributed by atoms with E-state index in [0.717, 1.165) is 6.54 Å². The second kappa shape index (κ2) is 8.13. The van der Waals surface area contributed by atoms with Crippen molar-refractivity contribution in [1.29, 1.82) is 0 Å². The molecule has 0 aromatic heterocycles. The first-order valence-electron chi connectivity index (χ1n) is 12.5. The number of aryl methyl sites for hydroxylation is 2. The molecule has 1 heteroatoms. The molecule has 35 heavy (non-hydrogen) atoms. The Morgan fingerprint density at radius 1 is 0.600 bits per heavy atom. The van der Waals surface area contributed by atoms with E-state index in [9.17, 15) is 0 Å². The van der Waals surface area contributed by atoms with Crippen LogP contribution in [0, 0.1) is 13.8 Å². The van der Waals surface area contributed by atoms with Crippen LogP contribution in [0.1, 0.15) is 41.7 Å². The molecule has 1 aliphatic rings. The fourth-order valence-electron chi connectivity index (χ4n) is 6.05. The lowest BCUT2D eigenvalue weighted by molar-refractivity contribution is 0.660. The molecule has 5 aromatic carbocycles. The summed E-state index contributed by atoms with van der Waals surface area (Å²) >= 11 is 0. The molecule has 0 bridgehead atoms. The van der Waals surface area contributed by atoms with Crippen molar-refractivity contribution < 1.29 is 0 Å². The Bertz CT molecular complexity index is 1570. The van der Waals surface area contributed by atoms with E-state index < -0.39 is 0 Å².